The Balaban J connectivity index is 1.51. The molecule has 0 bridgehead atoms. The Morgan fingerprint density at radius 2 is 2.03 bits per heavy atom. The Morgan fingerprint density at radius 3 is 2.70 bits per heavy atom. The van der Waals surface area contributed by atoms with Crippen LogP contribution in [0.15, 0.2) is 24.5 Å². The van der Waals surface area contributed by atoms with E-state index in [1.807, 2.05) is 18.3 Å². The van der Waals surface area contributed by atoms with Gasteiger partial charge in [-0.2, -0.15) is 4.98 Å². The molecular weight excluding hydrogens is 425 g/mol. The number of esters is 1. The van der Waals surface area contributed by atoms with Gasteiger partial charge in [0.05, 0.1) is 30.4 Å². The summed E-state index contributed by atoms with van der Waals surface area (Å²) in [6, 6.07) is 4.13. The summed E-state index contributed by atoms with van der Waals surface area (Å²) < 4.78 is 18.7. The van der Waals surface area contributed by atoms with Crippen LogP contribution in [-0.4, -0.2) is 57.5 Å². The molecule has 33 heavy (non-hydrogen) atoms. The summed E-state index contributed by atoms with van der Waals surface area (Å²) in [5.74, 6) is 1.08. The Labute approximate surface area is 193 Å². The number of anilines is 2. The Kier molecular flexibility index (Phi) is 7.69. The largest absolute Gasteiger partial charge is 0.465 e. The van der Waals surface area contributed by atoms with Gasteiger partial charge < -0.3 is 20.5 Å². The van der Waals surface area contributed by atoms with Crippen LogP contribution in [-0.2, 0) is 16.0 Å². The fourth-order valence-electron chi connectivity index (χ4n) is 4.26. The van der Waals surface area contributed by atoms with Gasteiger partial charge in [-0.05, 0) is 50.2 Å². The minimum absolute atomic E-state index is 0.139. The smallest absolute Gasteiger partial charge is 0.306 e. The van der Waals surface area contributed by atoms with Crippen molar-refractivity contribution in [1.29, 1.82) is 0 Å². The van der Waals surface area contributed by atoms with Crippen LogP contribution in [0.1, 0.15) is 51.0 Å². The number of pyridine rings is 1. The molecule has 4 rings (SSSR count). The van der Waals surface area contributed by atoms with Crippen LogP contribution in [0.5, 0.6) is 0 Å². The van der Waals surface area contributed by atoms with Gasteiger partial charge in [0.1, 0.15) is 12.0 Å². The molecule has 8 nitrogen and oxygen atoms in total. The highest BCUT2D eigenvalue weighted by Crippen LogP contribution is 2.29. The molecule has 3 N–H and O–H groups in total. The van der Waals surface area contributed by atoms with Gasteiger partial charge in [0.25, 0.3) is 0 Å². The van der Waals surface area contributed by atoms with E-state index in [2.05, 4.69) is 25.6 Å². The predicted octanol–water partition coefficient (Wildman–Crippen LogP) is 3.52. The molecule has 1 unspecified atom stereocenters. The lowest BCUT2D eigenvalue weighted by atomic mass is 9.93. The van der Waals surface area contributed by atoms with Gasteiger partial charge in [-0.25, -0.2) is 9.37 Å². The summed E-state index contributed by atoms with van der Waals surface area (Å²) in [4.78, 5) is 25.0. The van der Waals surface area contributed by atoms with Crippen molar-refractivity contribution in [3.8, 4) is 11.3 Å². The molecule has 2 fully saturated rings. The number of hydrogen-bond donors (Lipinski definition) is 3. The van der Waals surface area contributed by atoms with Crippen molar-refractivity contribution in [2.45, 2.75) is 70.2 Å². The maximum absolute atomic E-state index is 13.7. The van der Waals surface area contributed by atoms with Gasteiger partial charge in [0.2, 0.25) is 5.95 Å². The molecule has 1 aliphatic carbocycles. The summed E-state index contributed by atoms with van der Waals surface area (Å²) >= 11 is 0. The number of alkyl halides is 1. The molecule has 178 valence electrons. The lowest BCUT2D eigenvalue weighted by Gasteiger charge is -2.27. The number of halogens is 1. The van der Waals surface area contributed by atoms with Gasteiger partial charge in [-0.15, -0.1) is 0 Å². The third kappa shape index (κ3) is 6.37. The van der Waals surface area contributed by atoms with E-state index in [-0.39, 0.29) is 30.6 Å². The summed E-state index contributed by atoms with van der Waals surface area (Å²) in [5, 5.41) is 16.3. The molecule has 2 aliphatic rings. The fourth-order valence-corrected chi connectivity index (χ4v) is 4.26. The van der Waals surface area contributed by atoms with Crippen molar-refractivity contribution >= 4 is 17.7 Å². The normalized spacial score (nSPS) is 23.7. The predicted molar refractivity (Wildman–Crippen MR) is 124 cm³/mol. The molecule has 2 aromatic rings. The number of hydrogen-bond acceptors (Lipinski definition) is 8. The molecule has 1 aliphatic heterocycles. The van der Waals surface area contributed by atoms with Crippen LogP contribution in [0.3, 0.4) is 0 Å². The zero-order valence-corrected chi connectivity index (χ0v) is 19.0. The second kappa shape index (κ2) is 10.9. The average Bonchev–Trinajstić information content (AvgIpc) is 3.24. The van der Waals surface area contributed by atoms with Gasteiger partial charge in [-0.3, -0.25) is 9.78 Å². The molecule has 0 spiro atoms. The van der Waals surface area contributed by atoms with Gasteiger partial charge in [-0.1, -0.05) is 13.0 Å². The van der Waals surface area contributed by atoms with Crippen molar-refractivity contribution in [1.82, 2.24) is 15.0 Å². The number of ether oxygens (including phenoxy) is 1. The first kappa shape index (κ1) is 23.4. The van der Waals surface area contributed by atoms with Crippen LogP contribution in [0.2, 0.25) is 0 Å². The van der Waals surface area contributed by atoms with E-state index >= 15 is 0 Å². The number of aromatic nitrogens is 3. The van der Waals surface area contributed by atoms with Crippen LogP contribution >= 0.6 is 0 Å². The van der Waals surface area contributed by atoms with Gasteiger partial charge in [0.15, 0.2) is 0 Å². The van der Waals surface area contributed by atoms with E-state index < -0.39 is 6.17 Å². The minimum Gasteiger partial charge on any atom is -0.465 e. The Bertz CT molecular complexity index is 934. The van der Waals surface area contributed by atoms with E-state index in [9.17, 15) is 14.3 Å². The quantitative estimate of drug-likeness (QED) is 0.491. The molecule has 2 aromatic heterocycles. The van der Waals surface area contributed by atoms with E-state index in [0.717, 1.165) is 48.9 Å². The first-order valence-electron chi connectivity index (χ1n) is 11.8. The van der Waals surface area contributed by atoms with Crippen molar-refractivity contribution in [2.24, 2.45) is 5.92 Å². The highest BCUT2D eigenvalue weighted by molar-refractivity contribution is 5.73. The molecule has 0 aromatic carbocycles. The summed E-state index contributed by atoms with van der Waals surface area (Å²) in [6.45, 7) is 2.42. The standard InChI is InChI=1S/C24H32FN5O3/c1-2-17(25)12-27-24-28-13-20(23(30-24)29-18-4-6-19(31)7-5-18)21-8-3-15(11-26-21)9-16-10-22(32)33-14-16/h3,8,11,13,16-19,31H,2,4-7,9-10,12,14H2,1H3,(H2,27,28,29,30)/t16?,17-,18?,19?/m0/s1. The molecule has 3 heterocycles. The van der Waals surface area contributed by atoms with Crippen molar-refractivity contribution < 1.29 is 19.0 Å². The zero-order valence-electron chi connectivity index (χ0n) is 19.0. The Hall–Kier alpha value is -2.81. The zero-order chi connectivity index (χ0) is 23.2. The monoisotopic (exact) mass is 457 g/mol. The maximum Gasteiger partial charge on any atom is 0.306 e. The molecule has 1 saturated heterocycles. The molecule has 9 heteroatoms. The first-order valence-corrected chi connectivity index (χ1v) is 11.8. The van der Waals surface area contributed by atoms with E-state index in [4.69, 9.17) is 4.74 Å². The number of carbonyl (C=O) groups is 1. The van der Waals surface area contributed by atoms with Crippen LogP contribution in [0.25, 0.3) is 11.3 Å². The van der Waals surface area contributed by atoms with Crippen LogP contribution in [0.4, 0.5) is 16.2 Å². The van der Waals surface area contributed by atoms with Crippen molar-refractivity contribution in [2.75, 3.05) is 23.8 Å². The number of aliphatic hydroxyl groups is 1. The topological polar surface area (TPSA) is 109 Å². The van der Waals surface area contributed by atoms with Crippen molar-refractivity contribution in [3.05, 3.63) is 30.1 Å². The van der Waals surface area contributed by atoms with E-state index in [1.54, 1.807) is 13.1 Å². The number of rotatable bonds is 9. The SMILES string of the molecule is CC[C@H](F)CNc1ncc(-c2ccc(CC3COC(=O)C3)cn2)c(NC2CCC(O)CC2)n1. The number of carbonyl (C=O) groups excluding carboxylic acids is 1. The number of aliphatic hydroxyl groups excluding tert-OH is 1. The van der Waals surface area contributed by atoms with Crippen LogP contribution < -0.4 is 10.6 Å². The molecule has 2 atom stereocenters. The fraction of sp³-hybridized carbons (Fsp3) is 0.583. The highest BCUT2D eigenvalue weighted by Gasteiger charge is 2.24. The number of nitrogens with zero attached hydrogens (tertiary/aromatic N) is 3. The molecular formula is C24H32FN5O3. The average molecular weight is 458 g/mol. The summed E-state index contributed by atoms with van der Waals surface area (Å²) in [7, 11) is 0. The van der Waals surface area contributed by atoms with Gasteiger partial charge in [0, 0.05) is 30.9 Å². The molecule has 1 saturated carbocycles. The van der Waals surface area contributed by atoms with E-state index in [1.165, 1.54) is 0 Å². The lowest BCUT2D eigenvalue weighted by molar-refractivity contribution is -0.137. The number of nitrogens with one attached hydrogen (secondary N) is 2. The molecule has 0 amide bonds. The second-order valence-corrected chi connectivity index (χ2v) is 9.00. The Morgan fingerprint density at radius 1 is 1.21 bits per heavy atom. The van der Waals surface area contributed by atoms with E-state index in [0.29, 0.717) is 31.2 Å². The third-order valence-electron chi connectivity index (χ3n) is 6.31. The molecule has 0 radical (unpaired) electrons. The number of cyclic esters (lactones) is 1. The minimum atomic E-state index is -0.959. The van der Waals surface area contributed by atoms with Crippen LogP contribution in [0, 0.1) is 5.92 Å². The third-order valence-corrected chi connectivity index (χ3v) is 6.31. The first-order chi connectivity index (χ1) is 16.0. The highest BCUT2D eigenvalue weighted by atomic mass is 19.1. The summed E-state index contributed by atoms with van der Waals surface area (Å²) in [5.41, 5.74) is 2.55. The van der Waals surface area contributed by atoms with Crippen molar-refractivity contribution in [3.63, 3.8) is 0 Å². The summed E-state index contributed by atoms with van der Waals surface area (Å²) in [6.07, 6.45) is 7.16. The second-order valence-electron chi connectivity index (χ2n) is 9.00. The maximum atomic E-state index is 13.7. The lowest BCUT2D eigenvalue weighted by Crippen LogP contribution is -2.29. The van der Waals surface area contributed by atoms with Gasteiger partial charge >= 0.3 is 5.97 Å².